The number of carbonyl (C=O) groups excluding carboxylic acids is 1. The quantitative estimate of drug-likeness (QED) is 0.452. The number of halogens is 6. The van der Waals surface area contributed by atoms with Crippen molar-refractivity contribution in [3.05, 3.63) is 71.0 Å². The lowest BCUT2D eigenvalue weighted by Crippen LogP contribution is -2.28. The molecule has 3 aromatic rings. The molecule has 0 amide bonds. The molecule has 0 N–H and O–H groups in total. The van der Waals surface area contributed by atoms with E-state index in [0.717, 1.165) is 18.2 Å². The van der Waals surface area contributed by atoms with Gasteiger partial charge in [0.2, 0.25) is 6.10 Å². The average Bonchev–Trinajstić information content (AvgIpc) is 3.18. The second kappa shape index (κ2) is 7.76. The van der Waals surface area contributed by atoms with E-state index >= 15 is 0 Å². The van der Waals surface area contributed by atoms with Crippen LogP contribution in [-0.2, 0) is 10.9 Å². The number of esters is 1. The van der Waals surface area contributed by atoms with Crippen LogP contribution in [0.3, 0.4) is 0 Å². The monoisotopic (exact) mass is 430 g/mol. The highest BCUT2D eigenvalue weighted by Crippen LogP contribution is 2.42. The van der Waals surface area contributed by atoms with Gasteiger partial charge in [0.25, 0.3) is 0 Å². The molecule has 0 fully saturated rings. The Kier molecular flexibility index (Phi) is 5.51. The van der Waals surface area contributed by atoms with Crippen LogP contribution in [0.5, 0.6) is 0 Å². The summed E-state index contributed by atoms with van der Waals surface area (Å²) in [7, 11) is 0. The predicted octanol–water partition coefficient (Wildman–Crippen LogP) is 4.45. The molecular formula is C18H12F6N4O2. The van der Waals surface area contributed by atoms with Crippen molar-refractivity contribution in [1.82, 2.24) is 20.2 Å². The molecule has 30 heavy (non-hydrogen) atoms. The zero-order chi connectivity index (χ0) is 22.1. The maximum atomic E-state index is 13.5. The molecule has 1 heterocycles. The summed E-state index contributed by atoms with van der Waals surface area (Å²) in [5, 5.41) is 10.6. The highest BCUT2D eigenvalue weighted by molar-refractivity contribution is 5.90. The van der Waals surface area contributed by atoms with Crippen molar-refractivity contribution in [3.63, 3.8) is 0 Å². The van der Waals surface area contributed by atoms with Gasteiger partial charge in [0.15, 0.2) is 0 Å². The molecule has 1 aromatic heterocycles. The lowest BCUT2D eigenvalue weighted by molar-refractivity contribution is -0.209. The standard InChI is InChI=1S/C18H12F6N4O2/c1-10-8-11(6-7-14(10)28-9-25-26-27-28)16(29)30-15(18(22,23)24)12-4-2-3-5-13(12)17(19,20)21/h2-9,15H,1H3. The smallest absolute Gasteiger partial charge is 0.429 e. The molecule has 12 heteroatoms. The van der Waals surface area contributed by atoms with Gasteiger partial charge in [0.05, 0.1) is 16.8 Å². The SMILES string of the molecule is Cc1cc(C(=O)OC(c2ccccc2C(F)(F)F)C(F)(F)F)ccc1-n1cnnn1. The average molecular weight is 430 g/mol. The van der Waals surface area contributed by atoms with E-state index in [0.29, 0.717) is 23.4 Å². The van der Waals surface area contributed by atoms with E-state index in [4.69, 9.17) is 0 Å². The first kappa shape index (κ1) is 21.3. The van der Waals surface area contributed by atoms with Crippen LogP contribution in [0.15, 0.2) is 48.8 Å². The largest absolute Gasteiger partial charge is 0.444 e. The first-order valence-corrected chi connectivity index (χ1v) is 8.26. The summed E-state index contributed by atoms with van der Waals surface area (Å²) in [6.07, 6.45) is -12.1. The lowest BCUT2D eigenvalue weighted by atomic mass is 10.0. The highest BCUT2D eigenvalue weighted by atomic mass is 19.4. The van der Waals surface area contributed by atoms with Gasteiger partial charge in [-0.05, 0) is 47.2 Å². The molecule has 0 aliphatic heterocycles. The van der Waals surface area contributed by atoms with Gasteiger partial charge >= 0.3 is 18.3 Å². The third-order valence-electron chi connectivity index (χ3n) is 4.10. The Balaban J connectivity index is 1.94. The van der Waals surface area contributed by atoms with Crippen molar-refractivity contribution in [3.8, 4) is 5.69 Å². The van der Waals surface area contributed by atoms with Crippen LogP contribution < -0.4 is 0 Å². The number of carbonyl (C=O) groups is 1. The predicted molar refractivity (Wildman–Crippen MR) is 89.5 cm³/mol. The van der Waals surface area contributed by atoms with Gasteiger partial charge in [-0.2, -0.15) is 26.3 Å². The second-order valence-electron chi connectivity index (χ2n) is 6.17. The molecule has 0 spiro atoms. The number of hydrogen-bond acceptors (Lipinski definition) is 5. The molecule has 2 aromatic carbocycles. The zero-order valence-electron chi connectivity index (χ0n) is 15.1. The summed E-state index contributed by atoms with van der Waals surface area (Å²) in [5.41, 5.74) is -2.14. The first-order valence-electron chi connectivity index (χ1n) is 8.26. The summed E-state index contributed by atoms with van der Waals surface area (Å²) < 4.78 is 85.8. The Labute approximate surface area is 165 Å². The number of rotatable bonds is 4. The Morgan fingerprint density at radius 2 is 1.77 bits per heavy atom. The van der Waals surface area contributed by atoms with Gasteiger partial charge in [-0.3, -0.25) is 0 Å². The van der Waals surface area contributed by atoms with E-state index in [9.17, 15) is 31.1 Å². The topological polar surface area (TPSA) is 69.9 Å². The van der Waals surface area contributed by atoms with E-state index in [1.165, 1.54) is 23.1 Å². The third kappa shape index (κ3) is 4.42. The number of aryl methyl sites for hydroxylation is 1. The Morgan fingerprint density at radius 1 is 1.07 bits per heavy atom. The van der Waals surface area contributed by atoms with Gasteiger partial charge in [0.1, 0.15) is 6.33 Å². The van der Waals surface area contributed by atoms with E-state index in [-0.39, 0.29) is 5.56 Å². The Bertz CT molecular complexity index is 1050. The van der Waals surface area contributed by atoms with Crippen molar-refractivity contribution < 1.29 is 35.9 Å². The Hall–Kier alpha value is -3.44. The molecule has 0 radical (unpaired) electrons. The lowest BCUT2D eigenvalue weighted by Gasteiger charge is -2.24. The number of alkyl halides is 6. The zero-order valence-corrected chi connectivity index (χ0v) is 15.1. The fourth-order valence-corrected chi connectivity index (χ4v) is 2.78. The fraction of sp³-hybridized carbons (Fsp3) is 0.222. The minimum Gasteiger partial charge on any atom is -0.444 e. The Morgan fingerprint density at radius 3 is 2.33 bits per heavy atom. The minimum atomic E-state index is -5.27. The van der Waals surface area contributed by atoms with Gasteiger partial charge in [-0.15, -0.1) is 5.10 Å². The fourth-order valence-electron chi connectivity index (χ4n) is 2.78. The van der Waals surface area contributed by atoms with Crippen LogP contribution in [0.4, 0.5) is 26.3 Å². The molecule has 3 rings (SSSR count). The number of benzene rings is 2. The number of tetrazole rings is 1. The molecule has 0 bridgehead atoms. The van der Waals surface area contributed by atoms with Crippen LogP contribution in [0.1, 0.15) is 33.2 Å². The molecule has 0 aliphatic carbocycles. The molecule has 0 aliphatic rings. The van der Waals surface area contributed by atoms with Crippen LogP contribution in [0.25, 0.3) is 5.69 Å². The summed E-state index contributed by atoms with van der Waals surface area (Å²) >= 11 is 0. The number of ether oxygens (including phenoxy) is 1. The maximum Gasteiger partial charge on any atom is 0.429 e. The van der Waals surface area contributed by atoms with Crippen molar-refractivity contribution >= 4 is 5.97 Å². The van der Waals surface area contributed by atoms with E-state index in [2.05, 4.69) is 20.3 Å². The maximum absolute atomic E-state index is 13.5. The molecule has 1 unspecified atom stereocenters. The van der Waals surface area contributed by atoms with Gasteiger partial charge in [-0.25, -0.2) is 9.48 Å². The van der Waals surface area contributed by atoms with Gasteiger partial charge in [-0.1, -0.05) is 18.2 Å². The van der Waals surface area contributed by atoms with Gasteiger partial charge in [0, 0.05) is 5.56 Å². The molecule has 6 nitrogen and oxygen atoms in total. The summed E-state index contributed by atoms with van der Waals surface area (Å²) in [6.45, 7) is 1.55. The van der Waals surface area contributed by atoms with Crippen molar-refractivity contribution in [2.75, 3.05) is 0 Å². The van der Waals surface area contributed by atoms with E-state index < -0.39 is 35.6 Å². The van der Waals surface area contributed by atoms with Gasteiger partial charge < -0.3 is 4.74 Å². The normalized spacial score (nSPS) is 13.2. The van der Waals surface area contributed by atoms with Crippen LogP contribution in [0.2, 0.25) is 0 Å². The number of hydrogen-bond donors (Lipinski definition) is 0. The van der Waals surface area contributed by atoms with Crippen LogP contribution >= 0.6 is 0 Å². The molecule has 1 atom stereocenters. The molecular weight excluding hydrogens is 418 g/mol. The van der Waals surface area contributed by atoms with Crippen molar-refractivity contribution in [2.24, 2.45) is 0 Å². The second-order valence-corrected chi connectivity index (χ2v) is 6.17. The highest BCUT2D eigenvalue weighted by Gasteiger charge is 2.48. The van der Waals surface area contributed by atoms with E-state index in [1.807, 2.05) is 0 Å². The third-order valence-corrected chi connectivity index (χ3v) is 4.10. The minimum absolute atomic E-state index is 0.275. The van der Waals surface area contributed by atoms with E-state index in [1.54, 1.807) is 6.92 Å². The van der Waals surface area contributed by atoms with Crippen molar-refractivity contribution in [1.29, 1.82) is 0 Å². The molecule has 158 valence electrons. The summed E-state index contributed by atoms with van der Waals surface area (Å²) in [4.78, 5) is 12.3. The number of nitrogens with zero attached hydrogens (tertiary/aromatic N) is 4. The molecule has 0 saturated carbocycles. The van der Waals surface area contributed by atoms with Crippen molar-refractivity contribution in [2.45, 2.75) is 25.4 Å². The summed E-state index contributed by atoms with van der Waals surface area (Å²) in [6, 6.07) is 6.82. The van der Waals surface area contributed by atoms with Crippen LogP contribution in [0, 0.1) is 6.92 Å². The summed E-state index contributed by atoms with van der Waals surface area (Å²) in [5.74, 6) is -1.43. The first-order chi connectivity index (χ1) is 14.0. The number of aromatic nitrogens is 4. The molecule has 0 saturated heterocycles. The van der Waals surface area contributed by atoms with Crippen LogP contribution in [-0.4, -0.2) is 32.4 Å².